The van der Waals surface area contributed by atoms with Crippen LogP contribution in [0.5, 0.6) is 0 Å². The lowest BCUT2D eigenvalue weighted by atomic mass is 10.1. The van der Waals surface area contributed by atoms with Crippen molar-refractivity contribution in [3.8, 4) is 0 Å². The number of rotatable bonds is 7. The highest BCUT2D eigenvalue weighted by Crippen LogP contribution is 2.21. The van der Waals surface area contributed by atoms with E-state index in [1.807, 2.05) is 12.1 Å². The van der Waals surface area contributed by atoms with E-state index in [1.165, 1.54) is 6.92 Å². The lowest BCUT2D eigenvalue weighted by molar-refractivity contribution is 0.0526. The van der Waals surface area contributed by atoms with Crippen molar-refractivity contribution in [1.29, 1.82) is 0 Å². The van der Waals surface area contributed by atoms with Crippen LogP contribution in [0.15, 0.2) is 54.6 Å². The van der Waals surface area contributed by atoms with E-state index in [9.17, 15) is 9.59 Å². The number of nitrogens with zero attached hydrogens (tertiary/aromatic N) is 2. The monoisotopic (exact) mass is 390 g/mol. The zero-order valence-corrected chi connectivity index (χ0v) is 16.5. The predicted molar refractivity (Wildman–Crippen MR) is 112 cm³/mol. The smallest absolute Gasteiger partial charge is 0.338 e. The fourth-order valence-corrected chi connectivity index (χ4v) is 2.68. The van der Waals surface area contributed by atoms with E-state index < -0.39 is 0 Å². The van der Waals surface area contributed by atoms with Crippen LogP contribution in [0.2, 0.25) is 0 Å². The molecule has 148 valence electrons. The topological polar surface area (TPSA) is 93.2 Å². The van der Waals surface area contributed by atoms with Crippen LogP contribution in [-0.2, 0) is 4.74 Å². The molecule has 0 radical (unpaired) electrons. The number of hydrogen-bond acceptors (Lipinski definition) is 7. The lowest BCUT2D eigenvalue weighted by Crippen LogP contribution is -2.05. The zero-order chi connectivity index (χ0) is 20.8. The Morgan fingerprint density at radius 2 is 1.34 bits per heavy atom. The van der Waals surface area contributed by atoms with E-state index in [4.69, 9.17) is 4.74 Å². The standard InChI is InChI=1S/C22H22N4O3/c1-4-29-22(28)17-7-11-19(12-8-17)26-21-13-20(23-15(3)24-21)25-18-9-5-16(6-10-18)14(2)27/h5-13H,4H2,1-3H3,(H2,23,24,25,26). The number of aromatic nitrogens is 2. The molecule has 1 heterocycles. The predicted octanol–water partition coefficient (Wildman–Crippen LogP) is 4.65. The molecule has 0 aliphatic carbocycles. The zero-order valence-electron chi connectivity index (χ0n) is 16.5. The quantitative estimate of drug-likeness (QED) is 0.448. The molecule has 0 saturated heterocycles. The summed E-state index contributed by atoms with van der Waals surface area (Å²) < 4.78 is 4.99. The molecule has 0 aliphatic heterocycles. The van der Waals surface area contributed by atoms with Gasteiger partial charge in [-0.2, -0.15) is 0 Å². The number of benzene rings is 2. The van der Waals surface area contributed by atoms with Gasteiger partial charge >= 0.3 is 5.97 Å². The first kappa shape index (κ1) is 20.0. The maximum absolute atomic E-state index is 11.7. The van der Waals surface area contributed by atoms with E-state index in [0.717, 1.165) is 11.4 Å². The molecule has 0 unspecified atom stereocenters. The number of esters is 1. The fraction of sp³-hybridized carbons (Fsp3) is 0.182. The molecular weight excluding hydrogens is 368 g/mol. The molecule has 2 aromatic carbocycles. The van der Waals surface area contributed by atoms with Gasteiger partial charge in [0.15, 0.2) is 5.78 Å². The molecule has 0 bridgehead atoms. The summed E-state index contributed by atoms with van der Waals surface area (Å²) in [5.74, 6) is 1.51. The first-order valence-electron chi connectivity index (χ1n) is 9.22. The largest absolute Gasteiger partial charge is 0.462 e. The average molecular weight is 390 g/mol. The molecule has 0 amide bonds. The lowest BCUT2D eigenvalue weighted by Gasteiger charge is -2.11. The number of anilines is 4. The summed E-state index contributed by atoms with van der Waals surface area (Å²) in [6, 6.07) is 15.9. The van der Waals surface area contributed by atoms with E-state index >= 15 is 0 Å². The Kier molecular flexibility index (Phi) is 6.19. The molecule has 7 heteroatoms. The van der Waals surface area contributed by atoms with Crippen molar-refractivity contribution in [1.82, 2.24) is 9.97 Å². The van der Waals surface area contributed by atoms with Gasteiger partial charge in [-0.3, -0.25) is 4.79 Å². The van der Waals surface area contributed by atoms with E-state index in [-0.39, 0.29) is 11.8 Å². The summed E-state index contributed by atoms with van der Waals surface area (Å²) in [5.41, 5.74) is 2.75. The van der Waals surface area contributed by atoms with Crippen molar-refractivity contribution < 1.29 is 14.3 Å². The van der Waals surface area contributed by atoms with E-state index in [0.29, 0.717) is 35.2 Å². The highest BCUT2D eigenvalue weighted by Gasteiger charge is 2.07. The van der Waals surface area contributed by atoms with Gasteiger partial charge in [-0.05, 0) is 69.3 Å². The van der Waals surface area contributed by atoms with E-state index in [1.54, 1.807) is 56.3 Å². The number of aryl methyl sites for hydroxylation is 1. The van der Waals surface area contributed by atoms with Gasteiger partial charge in [-0.15, -0.1) is 0 Å². The summed E-state index contributed by atoms with van der Waals surface area (Å²) in [6.07, 6.45) is 0. The summed E-state index contributed by atoms with van der Waals surface area (Å²) in [5, 5.41) is 6.42. The number of carbonyl (C=O) groups excluding carboxylic acids is 2. The number of hydrogen-bond donors (Lipinski definition) is 2. The van der Waals surface area contributed by atoms with Crippen molar-refractivity contribution in [3.05, 3.63) is 71.5 Å². The second-order valence-corrected chi connectivity index (χ2v) is 6.37. The van der Waals surface area contributed by atoms with Crippen molar-refractivity contribution in [2.24, 2.45) is 0 Å². The molecular formula is C22H22N4O3. The van der Waals surface area contributed by atoms with Gasteiger partial charge in [0.1, 0.15) is 17.5 Å². The van der Waals surface area contributed by atoms with Gasteiger partial charge in [-0.25, -0.2) is 14.8 Å². The van der Waals surface area contributed by atoms with Gasteiger partial charge in [0, 0.05) is 23.0 Å². The summed E-state index contributed by atoms with van der Waals surface area (Å²) in [7, 11) is 0. The molecule has 0 fully saturated rings. The molecule has 3 aromatic rings. The minimum absolute atomic E-state index is 0.0230. The van der Waals surface area contributed by atoms with Crippen LogP contribution in [0.25, 0.3) is 0 Å². The molecule has 7 nitrogen and oxygen atoms in total. The SMILES string of the molecule is CCOC(=O)c1ccc(Nc2cc(Nc3ccc(C(C)=O)cc3)nc(C)n2)cc1. The third-order valence-corrected chi connectivity index (χ3v) is 4.07. The fourth-order valence-electron chi connectivity index (χ4n) is 2.68. The van der Waals surface area contributed by atoms with Crippen molar-refractivity contribution in [3.63, 3.8) is 0 Å². The first-order valence-corrected chi connectivity index (χ1v) is 9.22. The molecule has 0 saturated carbocycles. The van der Waals surface area contributed by atoms with Crippen LogP contribution in [-0.4, -0.2) is 28.3 Å². The van der Waals surface area contributed by atoms with Crippen molar-refractivity contribution >= 4 is 34.8 Å². The maximum Gasteiger partial charge on any atom is 0.338 e. The van der Waals surface area contributed by atoms with Crippen LogP contribution < -0.4 is 10.6 Å². The highest BCUT2D eigenvalue weighted by atomic mass is 16.5. The van der Waals surface area contributed by atoms with E-state index in [2.05, 4.69) is 20.6 Å². The molecule has 0 spiro atoms. The van der Waals surface area contributed by atoms with Gasteiger partial charge in [0.05, 0.1) is 12.2 Å². The molecule has 0 aliphatic rings. The summed E-state index contributed by atoms with van der Waals surface area (Å²) >= 11 is 0. The van der Waals surface area contributed by atoms with Gasteiger partial charge in [0.2, 0.25) is 0 Å². The number of Topliss-reactive ketones (excluding diaryl/α,β-unsaturated/α-hetero) is 1. The van der Waals surface area contributed by atoms with Gasteiger partial charge in [0.25, 0.3) is 0 Å². The number of nitrogens with one attached hydrogen (secondary N) is 2. The second-order valence-electron chi connectivity index (χ2n) is 6.37. The van der Waals surface area contributed by atoms with Crippen LogP contribution in [0.3, 0.4) is 0 Å². The summed E-state index contributed by atoms with van der Waals surface area (Å²) in [6.45, 7) is 5.45. The van der Waals surface area contributed by atoms with Crippen LogP contribution in [0.1, 0.15) is 40.4 Å². The number of ether oxygens (including phenoxy) is 1. The third kappa shape index (κ3) is 5.38. The number of ketones is 1. The Morgan fingerprint density at radius 1 is 0.862 bits per heavy atom. The molecule has 2 N–H and O–H groups in total. The van der Waals surface area contributed by atoms with Gasteiger partial charge in [-0.1, -0.05) is 0 Å². The third-order valence-electron chi connectivity index (χ3n) is 4.07. The molecule has 3 rings (SSSR count). The Balaban J connectivity index is 1.73. The highest BCUT2D eigenvalue weighted by molar-refractivity contribution is 5.94. The van der Waals surface area contributed by atoms with Crippen molar-refractivity contribution in [2.45, 2.75) is 20.8 Å². The van der Waals surface area contributed by atoms with Crippen LogP contribution >= 0.6 is 0 Å². The van der Waals surface area contributed by atoms with Gasteiger partial charge < -0.3 is 15.4 Å². The molecule has 1 aromatic heterocycles. The molecule has 29 heavy (non-hydrogen) atoms. The Labute approximate surface area is 169 Å². The van der Waals surface area contributed by atoms with Crippen molar-refractivity contribution in [2.75, 3.05) is 17.2 Å². The first-order chi connectivity index (χ1) is 13.9. The Bertz CT molecular complexity index is 1020. The van der Waals surface area contributed by atoms with Crippen LogP contribution in [0.4, 0.5) is 23.0 Å². The minimum atomic E-state index is -0.348. The maximum atomic E-state index is 11.7. The average Bonchev–Trinajstić information content (AvgIpc) is 2.68. The Hall–Kier alpha value is -3.74. The normalized spacial score (nSPS) is 10.3. The molecule has 0 atom stereocenters. The minimum Gasteiger partial charge on any atom is -0.462 e. The van der Waals surface area contributed by atoms with Crippen LogP contribution in [0, 0.1) is 6.92 Å². The second kappa shape index (κ2) is 8.97. The Morgan fingerprint density at radius 3 is 1.79 bits per heavy atom. The summed E-state index contributed by atoms with van der Waals surface area (Å²) in [4.78, 5) is 31.9. The number of carbonyl (C=O) groups is 2.